The molecular formula is C26H24IN3O3. The molecule has 2 aliphatic rings. The normalized spacial score (nSPS) is 14.0. The summed E-state index contributed by atoms with van der Waals surface area (Å²) >= 11 is 2.30. The lowest BCUT2D eigenvalue weighted by atomic mass is 10.1. The van der Waals surface area contributed by atoms with Crippen LogP contribution in [-0.4, -0.2) is 29.9 Å². The fourth-order valence-electron chi connectivity index (χ4n) is 3.79. The Morgan fingerprint density at radius 2 is 1.70 bits per heavy atom. The minimum Gasteiger partial charge on any atom is -0.454 e. The highest BCUT2D eigenvalue weighted by Gasteiger charge is 2.18. The number of rotatable bonds is 8. The highest BCUT2D eigenvalue weighted by molar-refractivity contribution is 14.1. The van der Waals surface area contributed by atoms with E-state index in [4.69, 9.17) is 14.0 Å². The molecule has 33 heavy (non-hydrogen) atoms. The SMILES string of the molecule is Ic1ccc(-c2cc(N(CCCN3C=CC=CC=C3)Cc3ccc4c(c3)OCO4)on2)cc1. The van der Waals surface area contributed by atoms with Crippen molar-refractivity contribution in [3.05, 3.63) is 94.4 Å². The van der Waals surface area contributed by atoms with E-state index >= 15 is 0 Å². The van der Waals surface area contributed by atoms with Crippen molar-refractivity contribution in [3.8, 4) is 22.8 Å². The van der Waals surface area contributed by atoms with Gasteiger partial charge in [0.1, 0.15) is 5.69 Å². The molecule has 5 rings (SSSR count). The predicted octanol–water partition coefficient (Wildman–Crippen LogP) is 5.97. The monoisotopic (exact) mass is 553 g/mol. The first-order valence-corrected chi connectivity index (χ1v) is 12.0. The maximum Gasteiger partial charge on any atom is 0.231 e. The Kier molecular flexibility index (Phi) is 6.66. The molecule has 3 heterocycles. The van der Waals surface area contributed by atoms with Crippen molar-refractivity contribution in [1.29, 1.82) is 0 Å². The van der Waals surface area contributed by atoms with Crippen LogP contribution in [0.4, 0.5) is 5.88 Å². The Morgan fingerprint density at radius 1 is 0.909 bits per heavy atom. The molecule has 2 aromatic carbocycles. The van der Waals surface area contributed by atoms with Crippen molar-refractivity contribution in [2.24, 2.45) is 0 Å². The summed E-state index contributed by atoms with van der Waals surface area (Å²) in [7, 11) is 0. The van der Waals surface area contributed by atoms with Crippen LogP contribution < -0.4 is 14.4 Å². The van der Waals surface area contributed by atoms with Crippen LogP contribution in [-0.2, 0) is 6.54 Å². The van der Waals surface area contributed by atoms with Crippen LogP contribution in [0.3, 0.4) is 0 Å². The average molecular weight is 553 g/mol. The van der Waals surface area contributed by atoms with Crippen molar-refractivity contribution in [2.45, 2.75) is 13.0 Å². The minimum atomic E-state index is 0.274. The van der Waals surface area contributed by atoms with E-state index in [2.05, 4.69) is 80.3 Å². The summed E-state index contributed by atoms with van der Waals surface area (Å²) in [6.45, 7) is 2.69. The zero-order chi connectivity index (χ0) is 22.5. The highest BCUT2D eigenvalue weighted by Crippen LogP contribution is 2.33. The second kappa shape index (κ2) is 10.2. The molecule has 0 atom stereocenters. The van der Waals surface area contributed by atoms with Gasteiger partial charge in [-0.2, -0.15) is 0 Å². The lowest BCUT2D eigenvalue weighted by Crippen LogP contribution is -2.26. The van der Waals surface area contributed by atoms with E-state index in [1.54, 1.807) is 0 Å². The quantitative estimate of drug-likeness (QED) is 0.321. The van der Waals surface area contributed by atoms with Crippen LogP contribution in [0.25, 0.3) is 11.3 Å². The molecule has 0 N–H and O–H groups in total. The van der Waals surface area contributed by atoms with Gasteiger partial charge in [0.2, 0.25) is 12.7 Å². The summed E-state index contributed by atoms with van der Waals surface area (Å²) in [5.41, 5.74) is 3.01. The lowest BCUT2D eigenvalue weighted by Gasteiger charge is -2.23. The number of fused-ring (bicyclic) bond motifs is 1. The van der Waals surface area contributed by atoms with E-state index in [0.717, 1.165) is 53.7 Å². The van der Waals surface area contributed by atoms with Gasteiger partial charge in [-0.3, -0.25) is 0 Å². The number of anilines is 1. The molecule has 1 aromatic heterocycles. The molecule has 0 spiro atoms. The number of aromatic nitrogens is 1. The van der Waals surface area contributed by atoms with E-state index in [9.17, 15) is 0 Å². The van der Waals surface area contributed by atoms with Crippen molar-refractivity contribution in [1.82, 2.24) is 10.1 Å². The molecular weight excluding hydrogens is 529 g/mol. The maximum absolute atomic E-state index is 5.81. The Bertz CT molecular complexity index is 1170. The number of allylic oxidation sites excluding steroid dienone is 4. The zero-order valence-corrected chi connectivity index (χ0v) is 20.2. The molecule has 7 heteroatoms. The third-order valence-corrected chi connectivity index (χ3v) is 6.21. The second-order valence-electron chi connectivity index (χ2n) is 7.83. The van der Waals surface area contributed by atoms with Gasteiger partial charge in [0.05, 0.1) is 0 Å². The molecule has 0 radical (unpaired) electrons. The van der Waals surface area contributed by atoms with Gasteiger partial charge in [-0.15, -0.1) is 0 Å². The van der Waals surface area contributed by atoms with Gasteiger partial charge in [0, 0.05) is 47.2 Å². The third kappa shape index (κ3) is 5.42. The maximum atomic E-state index is 5.81. The van der Waals surface area contributed by atoms with E-state index in [1.807, 2.05) is 42.5 Å². The van der Waals surface area contributed by atoms with E-state index in [1.165, 1.54) is 3.57 Å². The van der Waals surface area contributed by atoms with E-state index in [0.29, 0.717) is 6.54 Å². The number of benzene rings is 2. The summed E-state index contributed by atoms with van der Waals surface area (Å²) in [6.07, 6.45) is 13.3. The van der Waals surface area contributed by atoms with Crippen LogP contribution in [0.15, 0.2) is 89.8 Å². The molecule has 3 aromatic rings. The van der Waals surface area contributed by atoms with Crippen molar-refractivity contribution < 1.29 is 14.0 Å². The van der Waals surface area contributed by atoms with Crippen LogP contribution in [0.1, 0.15) is 12.0 Å². The molecule has 0 aliphatic carbocycles. The number of ether oxygens (including phenoxy) is 2. The predicted molar refractivity (Wildman–Crippen MR) is 137 cm³/mol. The molecule has 0 amide bonds. The van der Waals surface area contributed by atoms with Gasteiger partial charge in [-0.25, -0.2) is 0 Å². The molecule has 0 saturated carbocycles. The molecule has 0 fully saturated rings. The van der Waals surface area contributed by atoms with Crippen LogP contribution in [0.5, 0.6) is 11.5 Å². The Balaban J connectivity index is 1.33. The summed E-state index contributed by atoms with van der Waals surface area (Å²) in [5, 5.41) is 4.34. The smallest absolute Gasteiger partial charge is 0.231 e. The Morgan fingerprint density at radius 3 is 2.52 bits per heavy atom. The molecule has 2 aliphatic heterocycles. The number of hydrogen-bond acceptors (Lipinski definition) is 6. The molecule has 168 valence electrons. The van der Waals surface area contributed by atoms with E-state index < -0.39 is 0 Å². The molecule has 0 saturated heterocycles. The topological polar surface area (TPSA) is 51.0 Å². The third-order valence-electron chi connectivity index (χ3n) is 5.49. The molecule has 0 bridgehead atoms. The number of halogens is 1. The summed E-state index contributed by atoms with van der Waals surface area (Å²) in [6, 6.07) is 16.4. The number of hydrogen-bond donors (Lipinski definition) is 0. The summed E-state index contributed by atoms with van der Waals surface area (Å²) in [4.78, 5) is 4.42. The minimum absolute atomic E-state index is 0.274. The zero-order valence-electron chi connectivity index (χ0n) is 18.1. The lowest BCUT2D eigenvalue weighted by molar-refractivity contribution is 0.174. The summed E-state index contributed by atoms with van der Waals surface area (Å²) < 4.78 is 18.0. The van der Waals surface area contributed by atoms with Crippen molar-refractivity contribution in [2.75, 3.05) is 24.8 Å². The van der Waals surface area contributed by atoms with Crippen LogP contribution >= 0.6 is 22.6 Å². The Hall–Kier alpha value is -3.20. The Labute approximate surface area is 206 Å². The first-order valence-electron chi connectivity index (χ1n) is 10.9. The highest BCUT2D eigenvalue weighted by atomic mass is 127. The molecule has 0 unspecified atom stereocenters. The van der Waals surface area contributed by atoms with Gasteiger partial charge in [0.25, 0.3) is 0 Å². The summed E-state index contributed by atoms with van der Waals surface area (Å²) in [5.74, 6) is 2.33. The van der Waals surface area contributed by atoms with Gasteiger partial charge < -0.3 is 23.8 Å². The second-order valence-corrected chi connectivity index (χ2v) is 9.07. The number of nitrogens with zero attached hydrogens (tertiary/aromatic N) is 3. The van der Waals surface area contributed by atoms with Crippen LogP contribution in [0, 0.1) is 3.57 Å². The molecule has 6 nitrogen and oxygen atoms in total. The van der Waals surface area contributed by atoms with Gasteiger partial charge in [-0.05, 0) is 71.0 Å². The largest absolute Gasteiger partial charge is 0.454 e. The van der Waals surface area contributed by atoms with E-state index in [-0.39, 0.29) is 6.79 Å². The first-order chi connectivity index (χ1) is 16.2. The fraction of sp³-hybridized carbons (Fsp3) is 0.192. The average Bonchev–Trinajstić information content (AvgIpc) is 3.43. The van der Waals surface area contributed by atoms with Crippen molar-refractivity contribution in [3.63, 3.8) is 0 Å². The van der Waals surface area contributed by atoms with Gasteiger partial charge >= 0.3 is 0 Å². The van der Waals surface area contributed by atoms with Gasteiger partial charge in [-0.1, -0.05) is 35.5 Å². The fourth-order valence-corrected chi connectivity index (χ4v) is 4.15. The van der Waals surface area contributed by atoms with Gasteiger partial charge in [0.15, 0.2) is 11.5 Å². The van der Waals surface area contributed by atoms with Crippen LogP contribution in [0.2, 0.25) is 0 Å². The first kappa shape index (κ1) is 21.6. The van der Waals surface area contributed by atoms with Crippen molar-refractivity contribution >= 4 is 28.5 Å². The standard InChI is InChI=1S/C26H24IN3O3/c27-22-9-7-21(8-10-22)23-17-26(33-28-23)30(15-5-14-29-12-3-1-2-4-13-29)18-20-6-11-24-25(16-20)32-19-31-24/h1-4,6-13,16-17H,5,14-15,18-19H2.